The summed E-state index contributed by atoms with van der Waals surface area (Å²) in [5.41, 5.74) is 45.9. The quantitative estimate of drug-likeness (QED) is 0.0372. The van der Waals surface area contributed by atoms with Crippen LogP contribution in [0.15, 0.2) is 97.1 Å². The second kappa shape index (κ2) is 34.7. The van der Waals surface area contributed by atoms with Crippen molar-refractivity contribution in [3.63, 3.8) is 0 Å². The van der Waals surface area contributed by atoms with Crippen LogP contribution < -0.4 is 0 Å². The molecule has 618 valence electrons. The van der Waals surface area contributed by atoms with E-state index in [0.29, 0.717) is 99.7 Å². The molecule has 0 fully saturated rings. The number of fused-ring (bicyclic) bond motifs is 14. The first-order valence-electron chi connectivity index (χ1n) is 45.6. The van der Waals surface area contributed by atoms with E-state index in [2.05, 4.69) is 415 Å². The third-order valence-electron chi connectivity index (χ3n) is 30.2. The van der Waals surface area contributed by atoms with Crippen LogP contribution in [0.3, 0.4) is 0 Å². The number of rotatable bonds is 18. The highest BCUT2D eigenvalue weighted by molar-refractivity contribution is 6.93. The summed E-state index contributed by atoms with van der Waals surface area (Å²) < 4.78 is 0. The van der Waals surface area contributed by atoms with Gasteiger partial charge >= 0.3 is 0 Å². The average molecular weight is 1660 g/mol. The van der Waals surface area contributed by atoms with E-state index in [1.54, 1.807) is 0 Å². The van der Waals surface area contributed by atoms with E-state index in [-0.39, 0.29) is 0 Å². The largest absolute Gasteiger partial charge is 0.244 e. The van der Waals surface area contributed by atoms with Crippen LogP contribution in [0, 0.1) is 68.8 Å². The van der Waals surface area contributed by atoms with Gasteiger partial charge < -0.3 is 0 Å². The molecule has 2 heterocycles. The van der Waals surface area contributed by atoms with Crippen LogP contribution >= 0.6 is 0 Å². The van der Waals surface area contributed by atoms with Crippen LogP contribution in [-0.4, -0.2) is 68.4 Å². The maximum atomic E-state index is 6.32. The average Bonchev–Trinajstić information content (AvgIpc) is 0.705. The summed E-state index contributed by atoms with van der Waals surface area (Å²) in [7, 11) is -14.0. The van der Waals surface area contributed by atoms with Gasteiger partial charge in [-0.25, -0.2) is 19.9 Å². The fraction of sp³-hybridized carbons (Fsp3) is 0.500. The maximum Gasteiger partial charge on any atom is 0.146 e. The molecule has 9 aromatic carbocycles. The number of hydrogen-bond acceptors (Lipinski definition) is 4. The molecule has 10 heteroatoms. The van der Waals surface area contributed by atoms with Crippen LogP contribution in [0.2, 0.25) is 99.7 Å². The van der Waals surface area contributed by atoms with E-state index in [0.717, 1.165) is 142 Å². The van der Waals surface area contributed by atoms with Crippen LogP contribution in [0.5, 0.6) is 0 Å². The predicted molar refractivity (Wildman–Crippen MR) is 540 cm³/mol. The smallest absolute Gasteiger partial charge is 0.146 e. The molecular formula is C108H142N4Si6. The highest BCUT2D eigenvalue weighted by Gasteiger charge is 2.47. The van der Waals surface area contributed by atoms with Crippen LogP contribution in [-0.2, 0) is 0 Å². The lowest BCUT2D eigenvalue weighted by Crippen LogP contribution is -2.43. The number of benzene rings is 9. The van der Waals surface area contributed by atoms with Gasteiger partial charge in [-0.2, -0.15) is 0 Å². The summed E-state index contributed by atoms with van der Waals surface area (Å²) in [6.45, 7) is 87.3. The molecule has 0 bridgehead atoms. The monoisotopic (exact) mass is 1660 g/mol. The summed E-state index contributed by atoms with van der Waals surface area (Å²) >= 11 is 0. The molecule has 0 saturated heterocycles. The van der Waals surface area contributed by atoms with E-state index < -0.39 is 48.4 Å². The van der Waals surface area contributed by atoms with E-state index in [9.17, 15) is 0 Å². The van der Waals surface area contributed by atoms with E-state index in [1.165, 1.54) is 0 Å². The van der Waals surface area contributed by atoms with E-state index >= 15 is 0 Å². The third kappa shape index (κ3) is 14.8. The molecule has 11 rings (SSSR count). The molecule has 0 aliphatic carbocycles. The van der Waals surface area contributed by atoms with Crippen molar-refractivity contribution in [3.8, 4) is 68.8 Å². The minimum atomic E-state index is -2.46. The van der Waals surface area contributed by atoms with E-state index in [4.69, 9.17) is 19.9 Å². The van der Waals surface area contributed by atoms with Gasteiger partial charge in [0.05, 0.1) is 44.1 Å². The molecule has 4 nitrogen and oxygen atoms in total. The summed E-state index contributed by atoms with van der Waals surface area (Å²) in [5, 5.41) is 12.7. The van der Waals surface area contributed by atoms with Gasteiger partial charge in [0.1, 0.15) is 48.4 Å². The third-order valence-corrected chi connectivity index (χ3v) is 67.9. The Morgan fingerprint density at radius 1 is 0.169 bits per heavy atom. The van der Waals surface area contributed by atoms with Crippen LogP contribution in [0.4, 0.5) is 0 Å². The Morgan fingerprint density at radius 2 is 0.322 bits per heavy atom. The standard InChI is InChI=1S/C108H142N4Si6/c1-65(2)113(66(3)4,67(5)6)59-53-87-83-41-37-39-43-85(83)93(55-61-115(71(13)14,72(15)16)73(17)18)101-89(87)46-51-99-105(101)110-100-52-48-91-96(58-64-118(80(31)32,81(33)34)82(35)36)104-92(95(103(91)106(100)111-99)57-63-117(77(25)26,78(27)28)79(29)30)47-50-98-108(104)112-107-97(109-98)49-45-90-88(54-60-114(68(7)8,69(9)10)70(11)12)84-42-38-40-44-86(84)94(102(90)107)56-62-116(74(19)20,75(21)22)76(23)24/h37-52,65-82H,1-36H3. The highest BCUT2D eigenvalue weighted by Crippen LogP contribution is 2.51. The van der Waals surface area contributed by atoms with Gasteiger partial charge in [-0.15, -0.1) is 33.3 Å². The Balaban J connectivity index is 1.44. The molecule has 0 aliphatic heterocycles. The second-order valence-electron chi connectivity index (χ2n) is 41.1. The summed E-state index contributed by atoms with van der Waals surface area (Å²) in [6, 6.07) is 36.2. The van der Waals surface area contributed by atoms with E-state index in [1.807, 2.05) is 0 Å². The number of nitrogens with zero attached hydrogens (tertiary/aromatic N) is 4. The van der Waals surface area contributed by atoms with Crippen molar-refractivity contribution >= 4 is 157 Å². The lowest BCUT2D eigenvalue weighted by Gasteiger charge is -2.38. The first kappa shape index (κ1) is 91.2. The molecule has 0 amide bonds. The minimum absolute atomic E-state index is 0.372. The Hall–Kier alpha value is -7.60. The van der Waals surface area contributed by atoms with Crippen molar-refractivity contribution in [1.82, 2.24) is 19.9 Å². The van der Waals surface area contributed by atoms with Crippen molar-refractivity contribution in [3.05, 3.63) is 130 Å². The van der Waals surface area contributed by atoms with Gasteiger partial charge in [0.25, 0.3) is 0 Å². The topological polar surface area (TPSA) is 51.6 Å². The van der Waals surface area contributed by atoms with Crippen molar-refractivity contribution in [2.45, 2.75) is 349 Å². The fourth-order valence-electron chi connectivity index (χ4n) is 24.5. The summed E-state index contributed by atoms with van der Waals surface area (Å²) in [4.78, 5) is 24.4. The Bertz CT molecular complexity index is 6030. The molecule has 2 aromatic heterocycles. The van der Waals surface area contributed by atoms with Crippen molar-refractivity contribution in [2.24, 2.45) is 0 Å². The SMILES string of the molecule is CC(C)[Si](C#Cc1c2ccccc2c(C#C[Si](C(C)C)(C(C)C)C(C)C)c2c1ccc1nc3c(ccc4c(C#C[Si](C(C)C)(C(C)C)C(C)C)c5c(ccc6nc7ccc8c(C#C[Si](C(C)C)(C(C)C)C(C)C)c9ccccc9c(C#C[Si](C(C)C)(C(C)C)C(C)C)c8c7nc65)c(C#C[Si](C(C)C)(C(C)C)C(C)C)c43)nc12)(C(C)C)C(C)C. The second-order valence-corrected chi connectivity index (χ2v) is 74.6. The molecule has 0 unspecified atom stereocenters. The van der Waals surface area contributed by atoms with Crippen molar-refractivity contribution in [1.29, 1.82) is 0 Å². The Kier molecular flexibility index (Phi) is 26.8. The Labute approximate surface area is 719 Å². The maximum absolute atomic E-state index is 6.32. The fourth-order valence-corrected chi connectivity index (χ4v) is 55.8. The lowest BCUT2D eigenvalue weighted by molar-refractivity contribution is 0.838. The number of aromatic nitrogens is 4. The highest BCUT2D eigenvalue weighted by atomic mass is 28.3. The zero-order valence-electron chi connectivity index (χ0n) is 79.4. The molecule has 118 heavy (non-hydrogen) atoms. The van der Waals surface area contributed by atoms with Crippen molar-refractivity contribution < 1.29 is 0 Å². The number of hydrogen-bond donors (Lipinski definition) is 0. The summed E-state index contributed by atoms with van der Waals surface area (Å²) in [6.07, 6.45) is 0. The van der Waals surface area contributed by atoms with Crippen LogP contribution in [0.1, 0.15) is 283 Å². The molecule has 0 radical (unpaired) electrons. The molecule has 0 saturated carbocycles. The van der Waals surface area contributed by atoms with Crippen LogP contribution in [0.25, 0.3) is 109 Å². The molecule has 0 atom stereocenters. The van der Waals surface area contributed by atoms with Crippen molar-refractivity contribution in [2.75, 3.05) is 0 Å². The summed E-state index contributed by atoms with van der Waals surface area (Å²) in [5.74, 6) is 25.0. The first-order valence-corrected chi connectivity index (χ1v) is 59.0. The normalized spacial score (nSPS) is 13.2. The van der Waals surface area contributed by atoms with Gasteiger partial charge in [-0.3, -0.25) is 0 Å². The predicted octanol–water partition coefficient (Wildman–Crippen LogP) is 32.2. The molecule has 0 N–H and O–H groups in total. The zero-order valence-corrected chi connectivity index (χ0v) is 85.4. The zero-order chi connectivity index (χ0) is 87.0. The minimum Gasteiger partial charge on any atom is -0.244 e. The molecule has 11 aromatic rings. The van der Waals surface area contributed by atoms with Gasteiger partial charge in [-0.1, -0.05) is 358 Å². The molecule has 0 aliphatic rings. The molecule has 0 spiro atoms. The lowest BCUT2D eigenvalue weighted by atomic mass is 9.89. The van der Waals surface area contributed by atoms with Gasteiger partial charge in [0.2, 0.25) is 0 Å². The molecular weight excluding hydrogens is 1520 g/mol. The first-order chi connectivity index (χ1) is 55.4. The van der Waals surface area contributed by atoms with Gasteiger partial charge in [0, 0.05) is 76.5 Å². The van der Waals surface area contributed by atoms with Gasteiger partial charge in [0.15, 0.2) is 0 Å². The van der Waals surface area contributed by atoms with Gasteiger partial charge in [-0.05, 0) is 146 Å². The Morgan fingerprint density at radius 3 is 0.517 bits per heavy atom.